The fourth-order valence-electron chi connectivity index (χ4n) is 0.561. The fourth-order valence-corrected chi connectivity index (χ4v) is 0.561. The summed E-state index contributed by atoms with van der Waals surface area (Å²) in [6.45, 7) is 6.75. The third kappa shape index (κ3) is 0.883. The predicted molar refractivity (Wildman–Crippen MR) is 40.0 cm³/mol. The first-order valence-corrected chi connectivity index (χ1v) is 2.59. The van der Waals surface area contributed by atoms with Gasteiger partial charge in [0.15, 0.2) is 0 Å². The van der Waals surface area contributed by atoms with E-state index in [2.05, 4.69) is 28.4 Å². The molecule has 1 aromatic heterocycles. The molecular weight excluding hydrogens is 130 g/mol. The van der Waals surface area contributed by atoms with Gasteiger partial charge in [-0.25, -0.2) is 9.67 Å². The van der Waals surface area contributed by atoms with Crippen molar-refractivity contribution in [2.24, 2.45) is 4.99 Å². The van der Waals surface area contributed by atoms with Crippen molar-refractivity contribution >= 4 is 24.8 Å². The van der Waals surface area contributed by atoms with Gasteiger partial charge in [0.2, 0.25) is 5.95 Å². The Balaban J connectivity index is 3.20. The van der Waals surface area contributed by atoms with Crippen LogP contribution in [0.3, 0.4) is 0 Å². The van der Waals surface area contributed by atoms with Crippen molar-refractivity contribution in [1.82, 2.24) is 14.8 Å². The van der Waals surface area contributed by atoms with Crippen molar-refractivity contribution in [2.75, 3.05) is 5.73 Å². The van der Waals surface area contributed by atoms with E-state index < -0.39 is 0 Å². The Morgan fingerprint density at radius 3 is 2.80 bits per heavy atom. The van der Waals surface area contributed by atoms with E-state index in [1.165, 1.54) is 10.9 Å². The number of nitrogens with zero attached hydrogens (tertiary/aromatic N) is 4. The zero-order valence-electron chi connectivity index (χ0n) is 5.36. The molecule has 0 spiro atoms. The minimum Gasteiger partial charge on any atom is -0.366 e. The summed E-state index contributed by atoms with van der Waals surface area (Å²) in [7, 11) is 0. The van der Waals surface area contributed by atoms with Gasteiger partial charge in [0.05, 0.1) is 0 Å². The molecule has 10 heavy (non-hydrogen) atoms. The molecule has 5 nitrogen and oxygen atoms in total. The Labute approximate surface area is 57.9 Å². The fraction of sp³-hybridized carbons (Fsp3) is 0. The van der Waals surface area contributed by atoms with Crippen LogP contribution in [0.2, 0.25) is 0 Å². The minimum absolute atomic E-state index is 0.169. The summed E-state index contributed by atoms with van der Waals surface area (Å²) < 4.78 is 1.35. The Morgan fingerprint density at radius 1 is 1.70 bits per heavy atom. The van der Waals surface area contributed by atoms with E-state index in [1.54, 1.807) is 0 Å². The smallest absolute Gasteiger partial charge is 0.253 e. The number of hydrogen-bond donors (Lipinski definition) is 1. The van der Waals surface area contributed by atoms with E-state index in [4.69, 9.17) is 5.73 Å². The maximum Gasteiger partial charge on any atom is 0.253 e. The zero-order valence-corrected chi connectivity index (χ0v) is 5.36. The molecule has 0 amide bonds. The van der Waals surface area contributed by atoms with Gasteiger partial charge in [-0.05, 0) is 6.72 Å². The van der Waals surface area contributed by atoms with Crippen LogP contribution in [0.15, 0.2) is 11.6 Å². The van der Waals surface area contributed by atoms with E-state index in [1.807, 2.05) is 0 Å². The lowest BCUT2D eigenvalue weighted by molar-refractivity contribution is 0.940. The van der Waals surface area contributed by atoms with Crippen LogP contribution in [0.4, 0.5) is 11.9 Å². The van der Waals surface area contributed by atoms with Crippen molar-refractivity contribution in [3.63, 3.8) is 0 Å². The highest BCUT2D eigenvalue weighted by atomic mass is 15.4. The Hall–Kier alpha value is -1.65. The molecule has 0 saturated carbocycles. The van der Waals surface area contributed by atoms with Gasteiger partial charge >= 0.3 is 0 Å². The molecule has 0 saturated heterocycles. The highest BCUT2D eigenvalue weighted by Gasteiger charge is 2.00. The summed E-state index contributed by atoms with van der Waals surface area (Å²) in [5.74, 6) is 0.523. The van der Waals surface area contributed by atoms with Crippen molar-refractivity contribution < 1.29 is 0 Å². The summed E-state index contributed by atoms with van der Waals surface area (Å²) in [6.07, 6.45) is 1.45. The van der Waals surface area contributed by atoms with Crippen LogP contribution < -0.4 is 5.73 Å². The quantitative estimate of drug-likeness (QED) is 0.596. The Bertz CT molecular complexity index is 236. The summed E-state index contributed by atoms with van der Waals surface area (Å²) >= 11 is 0. The Morgan fingerprint density at radius 2 is 2.40 bits per heavy atom. The number of nitrogens with two attached hydrogens (primary N) is 1. The Kier molecular flexibility index (Phi) is 1.49. The van der Waals surface area contributed by atoms with Gasteiger partial charge in [-0.3, -0.25) is 0 Å². The first-order chi connectivity index (χ1) is 4.77. The third-order valence-corrected chi connectivity index (χ3v) is 0.944. The van der Waals surface area contributed by atoms with Crippen LogP contribution in [0.5, 0.6) is 0 Å². The van der Waals surface area contributed by atoms with E-state index in [-0.39, 0.29) is 5.95 Å². The SMILES string of the molecule is C=Cn1nc(N)nc1N=C. The van der Waals surface area contributed by atoms with Crippen LogP contribution in [0.25, 0.3) is 6.20 Å². The standard InChI is InChI=1S/C5H7N5/c1-3-10-5(7-2)8-4(6)9-10/h3H,1-2H2,(H2,6,9). The average molecular weight is 137 g/mol. The summed E-state index contributed by atoms with van der Waals surface area (Å²) in [4.78, 5) is 7.28. The van der Waals surface area contributed by atoms with Gasteiger partial charge in [-0.2, -0.15) is 4.98 Å². The van der Waals surface area contributed by atoms with Gasteiger partial charge in [0.25, 0.3) is 5.95 Å². The zero-order chi connectivity index (χ0) is 7.56. The molecule has 0 bridgehead atoms. The summed E-state index contributed by atoms with van der Waals surface area (Å²) in [5, 5.41) is 3.73. The van der Waals surface area contributed by atoms with E-state index in [9.17, 15) is 0 Å². The van der Waals surface area contributed by atoms with Crippen molar-refractivity contribution in [3.05, 3.63) is 6.58 Å². The topological polar surface area (TPSA) is 69.1 Å². The second kappa shape index (κ2) is 2.30. The van der Waals surface area contributed by atoms with Gasteiger partial charge in [0.1, 0.15) is 0 Å². The van der Waals surface area contributed by atoms with Crippen LogP contribution in [-0.2, 0) is 0 Å². The molecule has 0 fully saturated rings. The summed E-state index contributed by atoms with van der Waals surface area (Å²) in [6, 6.07) is 0. The highest BCUT2D eigenvalue weighted by molar-refractivity contribution is 5.41. The van der Waals surface area contributed by atoms with E-state index >= 15 is 0 Å². The molecule has 1 heterocycles. The number of aromatic nitrogens is 3. The van der Waals surface area contributed by atoms with Crippen LogP contribution in [0, 0.1) is 0 Å². The minimum atomic E-state index is 0.169. The van der Waals surface area contributed by atoms with Crippen molar-refractivity contribution in [3.8, 4) is 0 Å². The van der Waals surface area contributed by atoms with Crippen LogP contribution in [-0.4, -0.2) is 21.5 Å². The third-order valence-electron chi connectivity index (χ3n) is 0.944. The molecule has 0 radical (unpaired) electrons. The monoisotopic (exact) mass is 137 g/mol. The van der Waals surface area contributed by atoms with Crippen molar-refractivity contribution in [1.29, 1.82) is 0 Å². The summed E-state index contributed by atoms with van der Waals surface area (Å²) in [5.41, 5.74) is 5.25. The molecule has 0 atom stereocenters. The van der Waals surface area contributed by atoms with Crippen LogP contribution >= 0.6 is 0 Å². The lowest BCUT2D eigenvalue weighted by Gasteiger charge is -1.87. The van der Waals surface area contributed by atoms with Gasteiger partial charge < -0.3 is 5.73 Å². The molecular formula is C5H7N5. The molecule has 0 aliphatic rings. The number of nitrogen functional groups attached to an aromatic ring is 1. The lowest BCUT2D eigenvalue weighted by Crippen LogP contribution is -1.89. The van der Waals surface area contributed by atoms with Crippen molar-refractivity contribution in [2.45, 2.75) is 0 Å². The lowest BCUT2D eigenvalue weighted by atomic mass is 10.9. The van der Waals surface area contributed by atoms with E-state index in [0.717, 1.165) is 0 Å². The number of anilines is 1. The second-order valence-corrected chi connectivity index (χ2v) is 1.56. The maximum absolute atomic E-state index is 5.25. The van der Waals surface area contributed by atoms with Gasteiger partial charge in [0, 0.05) is 6.20 Å². The molecule has 1 aromatic rings. The van der Waals surface area contributed by atoms with E-state index in [0.29, 0.717) is 5.95 Å². The first kappa shape index (κ1) is 6.47. The second-order valence-electron chi connectivity index (χ2n) is 1.56. The van der Waals surface area contributed by atoms with Gasteiger partial charge in [-0.1, -0.05) is 6.58 Å². The van der Waals surface area contributed by atoms with Gasteiger partial charge in [-0.15, -0.1) is 5.10 Å². The molecule has 52 valence electrons. The number of rotatable bonds is 2. The normalized spacial score (nSPS) is 9.20. The molecule has 1 rings (SSSR count). The predicted octanol–water partition coefficient (Wildman–Crippen LogP) is 0.293. The molecule has 0 aliphatic carbocycles. The molecule has 0 unspecified atom stereocenters. The molecule has 0 aliphatic heterocycles. The maximum atomic E-state index is 5.25. The largest absolute Gasteiger partial charge is 0.366 e. The first-order valence-electron chi connectivity index (χ1n) is 2.59. The van der Waals surface area contributed by atoms with Crippen LogP contribution in [0.1, 0.15) is 0 Å². The molecule has 0 aromatic carbocycles. The molecule has 2 N–H and O–H groups in total. The number of hydrogen-bond acceptors (Lipinski definition) is 4. The highest BCUT2D eigenvalue weighted by Crippen LogP contribution is 2.07. The average Bonchev–Trinajstić information content (AvgIpc) is 2.30. The molecule has 5 heteroatoms. The number of aliphatic imine (C=N–C) groups is 1.